The Morgan fingerprint density at radius 1 is 0.853 bits per heavy atom. The highest BCUT2D eigenvalue weighted by Gasteiger charge is 2.28. The van der Waals surface area contributed by atoms with Gasteiger partial charge in [0, 0.05) is 17.8 Å². The van der Waals surface area contributed by atoms with E-state index in [2.05, 4.69) is 59.9 Å². The van der Waals surface area contributed by atoms with Crippen molar-refractivity contribution in [2.75, 3.05) is 20.3 Å². The molecule has 1 aliphatic rings. The maximum absolute atomic E-state index is 12.3. The third-order valence-electron chi connectivity index (χ3n) is 6.36. The summed E-state index contributed by atoms with van der Waals surface area (Å²) in [6.45, 7) is 0.842. The number of methoxy groups -OCH3 is 1. The molecule has 0 aliphatic heterocycles. The fraction of sp³-hybridized carbons (Fsp3) is 0.167. The number of amides is 1. The van der Waals surface area contributed by atoms with Gasteiger partial charge in [0.2, 0.25) is 0 Å². The van der Waals surface area contributed by atoms with E-state index < -0.39 is 0 Å². The van der Waals surface area contributed by atoms with Crippen molar-refractivity contribution in [1.82, 2.24) is 5.32 Å². The Hall–Kier alpha value is -4.05. The lowest BCUT2D eigenvalue weighted by atomic mass is 9.98. The van der Waals surface area contributed by atoms with E-state index in [-0.39, 0.29) is 12.0 Å². The quantitative estimate of drug-likeness (QED) is 0.316. The molecule has 4 nitrogen and oxygen atoms in total. The zero-order chi connectivity index (χ0) is 23.3. The summed E-state index contributed by atoms with van der Waals surface area (Å²) >= 11 is 0. The van der Waals surface area contributed by atoms with Gasteiger partial charge in [0.15, 0.2) is 0 Å². The molecular weight excluding hydrogens is 422 g/mol. The molecule has 1 aliphatic carbocycles. The van der Waals surface area contributed by atoms with E-state index in [1.165, 1.54) is 22.3 Å². The molecule has 0 spiro atoms. The molecule has 4 aromatic carbocycles. The minimum atomic E-state index is -0.384. The molecule has 0 bridgehead atoms. The summed E-state index contributed by atoms with van der Waals surface area (Å²) in [5.41, 5.74) is 6.00. The van der Waals surface area contributed by atoms with Crippen LogP contribution in [0.1, 0.15) is 29.0 Å². The van der Waals surface area contributed by atoms with Gasteiger partial charge in [-0.2, -0.15) is 0 Å². The normalized spacial score (nSPS) is 12.5. The summed E-state index contributed by atoms with van der Waals surface area (Å²) in [4.78, 5) is 12.3. The highest BCUT2D eigenvalue weighted by molar-refractivity contribution is 5.95. The van der Waals surface area contributed by atoms with Crippen LogP contribution < -0.4 is 10.1 Å². The second-order valence-corrected chi connectivity index (χ2v) is 8.35. The third kappa shape index (κ3) is 4.27. The van der Waals surface area contributed by atoms with Crippen molar-refractivity contribution >= 4 is 22.9 Å². The number of carbonyl (C=O) groups is 1. The van der Waals surface area contributed by atoms with Gasteiger partial charge in [0.05, 0.1) is 7.11 Å². The number of rotatable bonds is 7. The van der Waals surface area contributed by atoms with Gasteiger partial charge in [-0.1, -0.05) is 91.0 Å². The van der Waals surface area contributed by atoms with E-state index in [1.54, 1.807) is 7.11 Å². The van der Waals surface area contributed by atoms with Crippen LogP contribution in [-0.2, 0) is 4.74 Å². The second kappa shape index (κ2) is 9.84. The molecule has 0 heterocycles. The number of benzene rings is 4. The summed E-state index contributed by atoms with van der Waals surface area (Å²) in [5, 5.41) is 5.09. The first-order chi connectivity index (χ1) is 16.8. The van der Waals surface area contributed by atoms with Gasteiger partial charge in [0.25, 0.3) is 0 Å². The summed E-state index contributed by atoms with van der Waals surface area (Å²) < 4.78 is 11.1. The predicted molar refractivity (Wildman–Crippen MR) is 137 cm³/mol. The van der Waals surface area contributed by atoms with Crippen molar-refractivity contribution in [3.05, 3.63) is 108 Å². The molecule has 0 radical (unpaired) electrons. The molecule has 0 saturated carbocycles. The van der Waals surface area contributed by atoms with Crippen molar-refractivity contribution in [1.29, 1.82) is 0 Å². The van der Waals surface area contributed by atoms with Crippen LogP contribution in [0.3, 0.4) is 0 Å². The van der Waals surface area contributed by atoms with Crippen LogP contribution in [0, 0.1) is 0 Å². The van der Waals surface area contributed by atoms with E-state index in [4.69, 9.17) is 9.47 Å². The Labute approximate surface area is 199 Å². The molecular formula is C30H27NO3. The van der Waals surface area contributed by atoms with Gasteiger partial charge in [-0.3, -0.25) is 0 Å². The fourth-order valence-electron chi connectivity index (χ4n) is 4.74. The average Bonchev–Trinajstić information content (AvgIpc) is 3.21. The second-order valence-electron chi connectivity index (χ2n) is 8.35. The lowest BCUT2D eigenvalue weighted by Gasteiger charge is -2.14. The molecule has 4 aromatic rings. The molecule has 0 aromatic heterocycles. The molecule has 1 amide bonds. The fourth-order valence-corrected chi connectivity index (χ4v) is 4.74. The van der Waals surface area contributed by atoms with E-state index in [0.29, 0.717) is 19.6 Å². The minimum Gasteiger partial charge on any atom is -0.496 e. The standard InChI is InChI=1S/C30H27NO3/c1-33-29-18-17-21(22-11-2-7-16-27(22)29)10-8-9-19-31-30(32)34-20-28-25-14-5-3-12-23(25)24-13-4-6-15-26(24)28/h2-8,10-18,28H,9,19-20H2,1H3,(H,31,32). The molecule has 34 heavy (non-hydrogen) atoms. The van der Waals surface area contributed by atoms with Crippen molar-refractivity contribution < 1.29 is 14.3 Å². The van der Waals surface area contributed by atoms with Crippen LogP contribution in [0.25, 0.3) is 28.0 Å². The first kappa shape index (κ1) is 21.8. The van der Waals surface area contributed by atoms with E-state index >= 15 is 0 Å². The summed E-state index contributed by atoms with van der Waals surface area (Å²) in [7, 11) is 1.69. The van der Waals surface area contributed by atoms with Gasteiger partial charge >= 0.3 is 6.09 Å². The van der Waals surface area contributed by atoms with Gasteiger partial charge in [-0.25, -0.2) is 4.79 Å². The zero-order valence-corrected chi connectivity index (χ0v) is 19.2. The van der Waals surface area contributed by atoms with Crippen LogP contribution in [0.4, 0.5) is 4.79 Å². The van der Waals surface area contributed by atoms with Gasteiger partial charge in [-0.15, -0.1) is 0 Å². The van der Waals surface area contributed by atoms with E-state index in [9.17, 15) is 4.79 Å². The smallest absolute Gasteiger partial charge is 0.407 e. The Morgan fingerprint density at radius 3 is 2.21 bits per heavy atom. The van der Waals surface area contributed by atoms with E-state index in [1.807, 2.05) is 42.5 Å². The highest BCUT2D eigenvalue weighted by atomic mass is 16.5. The lowest BCUT2D eigenvalue weighted by molar-refractivity contribution is 0.143. The van der Waals surface area contributed by atoms with Crippen molar-refractivity contribution in [3.8, 4) is 16.9 Å². The van der Waals surface area contributed by atoms with Crippen LogP contribution in [-0.4, -0.2) is 26.4 Å². The molecule has 0 saturated heterocycles. The first-order valence-electron chi connectivity index (χ1n) is 11.6. The van der Waals surface area contributed by atoms with Gasteiger partial charge < -0.3 is 14.8 Å². The van der Waals surface area contributed by atoms with Crippen LogP contribution in [0.2, 0.25) is 0 Å². The topological polar surface area (TPSA) is 47.6 Å². The number of ether oxygens (including phenoxy) is 2. The maximum atomic E-state index is 12.3. The third-order valence-corrected chi connectivity index (χ3v) is 6.36. The molecule has 1 N–H and O–H groups in total. The predicted octanol–water partition coefficient (Wildman–Crippen LogP) is 6.79. The first-order valence-corrected chi connectivity index (χ1v) is 11.6. The number of nitrogens with one attached hydrogen (secondary N) is 1. The number of hydrogen-bond donors (Lipinski definition) is 1. The SMILES string of the molecule is COc1ccc(C=CCCNC(=O)OCC2c3ccccc3-c3ccccc32)c2ccccc12. The molecule has 5 rings (SSSR count). The lowest BCUT2D eigenvalue weighted by Crippen LogP contribution is -2.26. The number of alkyl carbamates (subject to hydrolysis) is 1. The van der Waals surface area contributed by atoms with Crippen LogP contribution >= 0.6 is 0 Å². The summed E-state index contributed by atoms with van der Waals surface area (Å²) in [6.07, 6.45) is 4.48. The number of fused-ring (bicyclic) bond motifs is 4. The molecule has 0 unspecified atom stereocenters. The number of carbonyl (C=O) groups excluding carboxylic acids is 1. The Balaban J connectivity index is 1.15. The zero-order valence-electron chi connectivity index (χ0n) is 19.2. The Morgan fingerprint density at radius 2 is 1.50 bits per heavy atom. The van der Waals surface area contributed by atoms with Gasteiger partial charge in [-0.05, 0) is 45.7 Å². The van der Waals surface area contributed by atoms with Crippen molar-refractivity contribution in [2.24, 2.45) is 0 Å². The highest BCUT2D eigenvalue weighted by Crippen LogP contribution is 2.44. The van der Waals surface area contributed by atoms with Crippen molar-refractivity contribution in [2.45, 2.75) is 12.3 Å². The maximum Gasteiger partial charge on any atom is 0.407 e. The monoisotopic (exact) mass is 449 g/mol. The van der Waals surface area contributed by atoms with Crippen molar-refractivity contribution in [3.63, 3.8) is 0 Å². The summed E-state index contributed by atoms with van der Waals surface area (Å²) in [5.74, 6) is 0.936. The van der Waals surface area contributed by atoms with Crippen LogP contribution in [0.5, 0.6) is 5.75 Å². The molecule has 0 atom stereocenters. The van der Waals surface area contributed by atoms with Gasteiger partial charge in [0.1, 0.15) is 12.4 Å². The number of hydrogen-bond acceptors (Lipinski definition) is 3. The Kier molecular flexibility index (Phi) is 6.30. The van der Waals surface area contributed by atoms with Crippen LogP contribution in [0.15, 0.2) is 91.0 Å². The molecule has 0 fully saturated rings. The van der Waals surface area contributed by atoms with E-state index in [0.717, 1.165) is 22.1 Å². The average molecular weight is 450 g/mol. The largest absolute Gasteiger partial charge is 0.496 e. The Bertz CT molecular complexity index is 1310. The molecule has 4 heteroatoms. The summed E-state index contributed by atoms with van der Waals surface area (Å²) in [6, 6.07) is 28.9. The minimum absolute atomic E-state index is 0.0707. The molecule has 170 valence electrons.